The van der Waals surface area contributed by atoms with E-state index in [4.69, 9.17) is 15.2 Å². The van der Waals surface area contributed by atoms with Crippen LogP contribution in [0, 0.1) is 0 Å². The predicted octanol–water partition coefficient (Wildman–Crippen LogP) is 2.67. The third-order valence-electron chi connectivity index (χ3n) is 4.35. The molecule has 1 unspecified atom stereocenters. The van der Waals surface area contributed by atoms with Crippen LogP contribution in [-0.2, 0) is 0 Å². The lowest BCUT2D eigenvalue weighted by Gasteiger charge is -2.31. The first-order valence-corrected chi connectivity index (χ1v) is 8.32. The molecule has 0 aromatic heterocycles. The molecule has 4 heteroatoms. The zero-order chi connectivity index (χ0) is 15.4. The second kappa shape index (κ2) is 6.71. The van der Waals surface area contributed by atoms with Gasteiger partial charge < -0.3 is 15.2 Å². The fraction of sp³-hybridized carbons (Fsp3) is 0.556. The largest absolute Gasteiger partial charge is 0.494 e. The van der Waals surface area contributed by atoms with E-state index in [1.54, 1.807) is 0 Å². The lowest BCUT2D eigenvalue weighted by Crippen LogP contribution is -2.39. The van der Waals surface area contributed by atoms with Crippen molar-refractivity contribution >= 4 is 6.08 Å². The molecule has 0 bridgehead atoms. The average molecular weight is 302 g/mol. The van der Waals surface area contributed by atoms with Gasteiger partial charge in [-0.2, -0.15) is 0 Å². The topological polar surface area (TPSA) is 47.7 Å². The molecule has 22 heavy (non-hydrogen) atoms. The minimum absolute atomic E-state index is 0.159. The van der Waals surface area contributed by atoms with E-state index in [0.29, 0.717) is 0 Å². The summed E-state index contributed by atoms with van der Waals surface area (Å²) in [7, 11) is 0. The van der Waals surface area contributed by atoms with Crippen LogP contribution in [0.3, 0.4) is 0 Å². The third kappa shape index (κ3) is 3.28. The van der Waals surface area contributed by atoms with Crippen LogP contribution in [0.2, 0.25) is 0 Å². The second-order valence-electron chi connectivity index (χ2n) is 6.22. The van der Waals surface area contributed by atoms with Crippen molar-refractivity contribution in [2.24, 2.45) is 5.73 Å². The quantitative estimate of drug-likeness (QED) is 0.877. The standard InChI is InChI=1S/C18H26N2O2/c1-2-12-21-16-4-5-17-15(13-16)6-7-18(22-17)8-11-20(14-18)10-3-9-19/h4-7,13H,2-3,8-12,14,19H2,1H3. The normalized spacial score (nSPS) is 23.5. The number of rotatable bonds is 6. The van der Waals surface area contributed by atoms with Gasteiger partial charge in [0.2, 0.25) is 0 Å². The highest BCUT2D eigenvalue weighted by atomic mass is 16.5. The molecule has 1 spiro atoms. The summed E-state index contributed by atoms with van der Waals surface area (Å²) in [5, 5.41) is 0. The summed E-state index contributed by atoms with van der Waals surface area (Å²) in [6, 6.07) is 6.10. The molecule has 3 rings (SSSR count). The molecular weight excluding hydrogens is 276 g/mol. The summed E-state index contributed by atoms with van der Waals surface area (Å²) < 4.78 is 12.0. The van der Waals surface area contributed by atoms with Gasteiger partial charge in [-0.25, -0.2) is 0 Å². The lowest BCUT2D eigenvalue weighted by atomic mass is 9.97. The molecule has 0 amide bonds. The lowest BCUT2D eigenvalue weighted by molar-refractivity contribution is 0.123. The molecule has 1 aromatic rings. The van der Waals surface area contributed by atoms with Crippen LogP contribution in [0.5, 0.6) is 11.5 Å². The Labute approximate surface area is 132 Å². The second-order valence-corrected chi connectivity index (χ2v) is 6.22. The van der Waals surface area contributed by atoms with E-state index in [1.807, 2.05) is 12.1 Å². The maximum Gasteiger partial charge on any atom is 0.141 e. The summed E-state index contributed by atoms with van der Waals surface area (Å²) >= 11 is 0. The minimum Gasteiger partial charge on any atom is -0.494 e. The molecule has 1 atom stereocenters. The summed E-state index contributed by atoms with van der Waals surface area (Å²) in [4.78, 5) is 2.45. The average Bonchev–Trinajstić information content (AvgIpc) is 2.93. The van der Waals surface area contributed by atoms with Crippen molar-refractivity contribution in [2.45, 2.75) is 31.8 Å². The number of hydrogen-bond acceptors (Lipinski definition) is 4. The van der Waals surface area contributed by atoms with Gasteiger partial charge >= 0.3 is 0 Å². The van der Waals surface area contributed by atoms with Gasteiger partial charge in [-0.1, -0.05) is 13.0 Å². The molecule has 120 valence electrons. The zero-order valence-electron chi connectivity index (χ0n) is 13.4. The van der Waals surface area contributed by atoms with E-state index in [0.717, 1.165) is 69.1 Å². The van der Waals surface area contributed by atoms with Gasteiger partial charge in [-0.3, -0.25) is 4.90 Å². The first kappa shape index (κ1) is 15.4. The number of nitrogens with zero attached hydrogens (tertiary/aromatic N) is 1. The SMILES string of the molecule is CCCOc1ccc2c(c1)C=CC1(CCN(CCCN)C1)O2. The minimum atomic E-state index is -0.159. The number of fused-ring (bicyclic) bond motifs is 1. The molecule has 1 saturated heterocycles. The highest BCUT2D eigenvalue weighted by molar-refractivity contribution is 5.63. The van der Waals surface area contributed by atoms with Crippen molar-refractivity contribution in [1.29, 1.82) is 0 Å². The van der Waals surface area contributed by atoms with Crippen molar-refractivity contribution in [2.75, 3.05) is 32.8 Å². The Balaban J connectivity index is 1.68. The molecule has 2 aliphatic heterocycles. The highest BCUT2D eigenvalue weighted by Crippen LogP contribution is 2.37. The molecule has 1 aromatic carbocycles. The van der Waals surface area contributed by atoms with Gasteiger partial charge in [-0.15, -0.1) is 0 Å². The van der Waals surface area contributed by atoms with Crippen molar-refractivity contribution in [3.8, 4) is 11.5 Å². The van der Waals surface area contributed by atoms with E-state index in [2.05, 4.69) is 30.0 Å². The van der Waals surface area contributed by atoms with Gasteiger partial charge in [0, 0.05) is 25.1 Å². The van der Waals surface area contributed by atoms with Gasteiger partial charge in [0.1, 0.15) is 17.1 Å². The van der Waals surface area contributed by atoms with E-state index < -0.39 is 0 Å². The molecule has 2 aliphatic rings. The maximum absolute atomic E-state index is 6.33. The predicted molar refractivity (Wildman–Crippen MR) is 89.3 cm³/mol. The van der Waals surface area contributed by atoms with Gasteiger partial charge in [0.15, 0.2) is 0 Å². The first-order valence-electron chi connectivity index (χ1n) is 8.32. The molecule has 0 saturated carbocycles. The van der Waals surface area contributed by atoms with Crippen LogP contribution >= 0.6 is 0 Å². The van der Waals surface area contributed by atoms with Crippen molar-refractivity contribution in [1.82, 2.24) is 4.90 Å². The summed E-state index contributed by atoms with van der Waals surface area (Å²) in [6.45, 7) is 6.72. The number of ether oxygens (including phenoxy) is 2. The van der Waals surface area contributed by atoms with Crippen LogP contribution in [0.4, 0.5) is 0 Å². The molecule has 2 heterocycles. The van der Waals surface area contributed by atoms with Crippen LogP contribution in [0.25, 0.3) is 6.08 Å². The Hall–Kier alpha value is -1.52. The Bertz CT molecular complexity index is 544. The van der Waals surface area contributed by atoms with Crippen molar-refractivity contribution in [3.05, 3.63) is 29.8 Å². The van der Waals surface area contributed by atoms with E-state index in [1.165, 1.54) is 0 Å². The first-order chi connectivity index (χ1) is 10.7. The van der Waals surface area contributed by atoms with Crippen LogP contribution < -0.4 is 15.2 Å². The van der Waals surface area contributed by atoms with Gasteiger partial charge in [-0.05, 0) is 50.2 Å². The Morgan fingerprint density at radius 2 is 2.32 bits per heavy atom. The van der Waals surface area contributed by atoms with Crippen LogP contribution in [0.15, 0.2) is 24.3 Å². The zero-order valence-corrected chi connectivity index (χ0v) is 13.4. The van der Waals surface area contributed by atoms with E-state index in [9.17, 15) is 0 Å². The van der Waals surface area contributed by atoms with Crippen molar-refractivity contribution < 1.29 is 9.47 Å². The Morgan fingerprint density at radius 3 is 3.14 bits per heavy atom. The molecule has 0 aliphatic carbocycles. The molecule has 0 radical (unpaired) electrons. The molecule has 4 nitrogen and oxygen atoms in total. The highest BCUT2D eigenvalue weighted by Gasteiger charge is 2.39. The number of nitrogens with two attached hydrogens (primary N) is 1. The van der Waals surface area contributed by atoms with Gasteiger partial charge in [0.25, 0.3) is 0 Å². The third-order valence-corrected chi connectivity index (χ3v) is 4.35. The smallest absolute Gasteiger partial charge is 0.141 e. The monoisotopic (exact) mass is 302 g/mol. The summed E-state index contributed by atoms with van der Waals surface area (Å²) in [6.07, 6.45) is 7.52. The van der Waals surface area contributed by atoms with E-state index >= 15 is 0 Å². The van der Waals surface area contributed by atoms with Crippen LogP contribution in [0.1, 0.15) is 31.7 Å². The molecule has 1 fully saturated rings. The molecular formula is C18H26N2O2. The van der Waals surface area contributed by atoms with Crippen LogP contribution in [-0.4, -0.2) is 43.3 Å². The molecule has 2 N–H and O–H groups in total. The number of likely N-dealkylation sites (tertiary alicyclic amines) is 1. The number of benzene rings is 1. The van der Waals surface area contributed by atoms with E-state index in [-0.39, 0.29) is 5.60 Å². The fourth-order valence-corrected chi connectivity index (χ4v) is 3.16. The summed E-state index contributed by atoms with van der Waals surface area (Å²) in [5.41, 5.74) is 6.56. The Morgan fingerprint density at radius 1 is 1.41 bits per heavy atom. The fourth-order valence-electron chi connectivity index (χ4n) is 3.16. The maximum atomic E-state index is 6.33. The summed E-state index contributed by atoms with van der Waals surface area (Å²) in [5.74, 6) is 1.88. The van der Waals surface area contributed by atoms with Gasteiger partial charge in [0.05, 0.1) is 6.61 Å². The number of hydrogen-bond donors (Lipinski definition) is 1. The van der Waals surface area contributed by atoms with Crippen molar-refractivity contribution in [3.63, 3.8) is 0 Å². The Kier molecular flexibility index (Phi) is 4.69.